The summed E-state index contributed by atoms with van der Waals surface area (Å²) < 4.78 is 7.78. The Bertz CT molecular complexity index is 993. The predicted octanol–water partition coefficient (Wildman–Crippen LogP) is 5.85. The molecule has 0 bridgehead atoms. The third kappa shape index (κ3) is 2.09. The second-order valence-corrected chi connectivity index (χ2v) is 10.3. The molecule has 28 heavy (non-hydrogen) atoms. The van der Waals surface area contributed by atoms with Gasteiger partial charge in [0.05, 0.1) is 17.3 Å². The Labute approximate surface area is 167 Å². The highest BCUT2D eigenvalue weighted by Crippen LogP contribution is 2.66. The third-order valence-corrected chi connectivity index (χ3v) is 9.20. The number of aliphatic hydroxyl groups excluding tert-OH is 1. The zero-order valence-electron chi connectivity index (χ0n) is 17.0. The van der Waals surface area contributed by atoms with Crippen LogP contribution >= 0.6 is 0 Å². The highest BCUT2D eigenvalue weighted by atomic mass is 16.5. The summed E-state index contributed by atoms with van der Waals surface area (Å²) in [5.74, 6) is 2.27. The van der Waals surface area contributed by atoms with Gasteiger partial charge in [-0.3, -0.25) is 0 Å². The molecule has 6 atom stereocenters. The standard InChI is InChI=1S/C25H31NO2/c1-24-12-9-18(27)15-16(24)3-5-19-20-6-7-22(25(20,2)13-10-21(19)24)23-8-4-17-11-14-28-26(17)23/h3-4,7-8,11,14,18-21,27H,5-6,9-10,12-13,15H2,1-2H3/t18-,19?,20?,21?,24-,25-/m0/s1. The summed E-state index contributed by atoms with van der Waals surface area (Å²) in [6.45, 7) is 5.02. The SMILES string of the molecule is C[C@]12CC[C@H](O)CC1=CCC1C2CC[C@]2(C)C(c3ccc4ccon34)=CCC12. The average Bonchev–Trinajstić information content (AvgIpc) is 3.36. The molecule has 2 aromatic rings. The van der Waals surface area contributed by atoms with Gasteiger partial charge in [-0.15, -0.1) is 0 Å². The summed E-state index contributed by atoms with van der Waals surface area (Å²) in [5, 5.41) is 10.2. The molecule has 0 spiro atoms. The normalized spacial score (nSPS) is 42.5. The molecule has 3 nitrogen and oxygen atoms in total. The van der Waals surface area contributed by atoms with Crippen molar-refractivity contribution in [1.29, 1.82) is 0 Å². The van der Waals surface area contributed by atoms with Gasteiger partial charge in [-0.2, -0.15) is 4.57 Å². The fraction of sp³-hybridized carbons (Fsp3) is 0.600. The van der Waals surface area contributed by atoms with Crippen LogP contribution in [0, 0.1) is 28.6 Å². The largest absolute Gasteiger partial charge is 0.393 e. The van der Waals surface area contributed by atoms with Crippen LogP contribution < -0.4 is 0 Å². The van der Waals surface area contributed by atoms with Gasteiger partial charge in [0.2, 0.25) is 0 Å². The molecule has 4 aliphatic rings. The lowest BCUT2D eigenvalue weighted by molar-refractivity contribution is -0.0239. The minimum absolute atomic E-state index is 0.116. The van der Waals surface area contributed by atoms with E-state index >= 15 is 0 Å². The van der Waals surface area contributed by atoms with Crippen molar-refractivity contribution in [2.24, 2.45) is 28.6 Å². The zero-order valence-corrected chi connectivity index (χ0v) is 17.0. The van der Waals surface area contributed by atoms with E-state index in [1.165, 1.54) is 37.0 Å². The van der Waals surface area contributed by atoms with Gasteiger partial charge in [-0.25, -0.2) is 0 Å². The number of nitrogens with zero attached hydrogens (tertiary/aromatic N) is 1. The molecule has 1 N–H and O–H groups in total. The van der Waals surface area contributed by atoms with E-state index in [0.29, 0.717) is 5.41 Å². The molecule has 0 radical (unpaired) electrons. The van der Waals surface area contributed by atoms with Gasteiger partial charge in [0, 0.05) is 6.07 Å². The van der Waals surface area contributed by atoms with Crippen molar-refractivity contribution >= 4 is 11.1 Å². The lowest BCUT2D eigenvalue weighted by Gasteiger charge is -2.57. The summed E-state index contributed by atoms with van der Waals surface area (Å²) in [5.41, 5.74) is 6.03. The molecule has 2 aromatic heterocycles. The van der Waals surface area contributed by atoms with Gasteiger partial charge in [0.15, 0.2) is 0 Å². The van der Waals surface area contributed by atoms with E-state index in [0.717, 1.165) is 42.5 Å². The maximum atomic E-state index is 10.2. The minimum Gasteiger partial charge on any atom is -0.393 e. The molecular weight excluding hydrogens is 346 g/mol. The van der Waals surface area contributed by atoms with Crippen LogP contribution in [-0.2, 0) is 0 Å². The van der Waals surface area contributed by atoms with Gasteiger partial charge >= 0.3 is 0 Å². The van der Waals surface area contributed by atoms with Gasteiger partial charge in [0.1, 0.15) is 6.26 Å². The van der Waals surface area contributed by atoms with Crippen LogP contribution in [0.2, 0.25) is 0 Å². The Kier molecular flexibility index (Phi) is 3.46. The average molecular weight is 378 g/mol. The van der Waals surface area contributed by atoms with E-state index in [-0.39, 0.29) is 11.5 Å². The number of aliphatic hydroxyl groups is 1. The lowest BCUT2D eigenvalue weighted by atomic mass is 9.47. The van der Waals surface area contributed by atoms with Gasteiger partial charge < -0.3 is 9.63 Å². The first-order chi connectivity index (χ1) is 13.5. The quantitative estimate of drug-likeness (QED) is 0.633. The number of fused-ring (bicyclic) bond motifs is 6. The number of aromatic nitrogens is 1. The van der Waals surface area contributed by atoms with Crippen molar-refractivity contribution in [1.82, 2.24) is 4.57 Å². The van der Waals surface area contributed by atoms with E-state index < -0.39 is 0 Å². The van der Waals surface area contributed by atoms with Crippen LogP contribution in [0.25, 0.3) is 11.1 Å². The maximum absolute atomic E-state index is 10.2. The van der Waals surface area contributed by atoms with Crippen LogP contribution in [0.4, 0.5) is 0 Å². The summed E-state index contributed by atoms with van der Waals surface area (Å²) in [7, 11) is 0. The van der Waals surface area contributed by atoms with Crippen molar-refractivity contribution in [2.75, 3.05) is 0 Å². The molecule has 0 saturated heterocycles. The first kappa shape index (κ1) is 17.1. The third-order valence-electron chi connectivity index (χ3n) is 9.20. The monoisotopic (exact) mass is 377 g/mol. The van der Waals surface area contributed by atoms with Crippen molar-refractivity contribution < 1.29 is 9.63 Å². The fourth-order valence-electron chi connectivity index (χ4n) is 7.65. The van der Waals surface area contributed by atoms with Gasteiger partial charge in [-0.05, 0) is 91.2 Å². The highest BCUT2D eigenvalue weighted by Gasteiger charge is 2.57. The van der Waals surface area contributed by atoms with E-state index in [1.54, 1.807) is 11.8 Å². The molecule has 6 rings (SSSR count). The summed E-state index contributed by atoms with van der Waals surface area (Å²) in [6, 6.07) is 6.46. The summed E-state index contributed by atoms with van der Waals surface area (Å²) in [4.78, 5) is 0. The summed E-state index contributed by atoms with van der Waals surface area (Å²) >= 11 is 0. The van der Waals surface area contributed by atoms with Crippen LogP contribution in [-0.4, -0.2) is 15.8 Å². The van der Waals surface area contributed by atoms with E-state index in [1.807, 2.05) is 10.6 Å². The predicted molar refractivity (Wildman–Crippen MR) is 111 cm³/mol. The number of hydrogen-bond acceptors (Lipinski definition) is 2. The molecular formula is C25H31NO2. The Hall–Kier alpha value is -1.74. The summed E-state index contributed by atoms with van der Waals surface area (Å²) in [6.07, 6.45) is 14.7. The van der Waals surface area contributed by atoms with Crippen LogP contribution in [0.3, 0.4) is 0 Å². The smallest absolute Gasteiger partial charge is 0.122 e. The Morgan fingerprint density at radius 2 is 1.86 bits per heavy atom. The van der Waals surface area contributed by atoms with E-state index in [9.17, 15) is 5.11 Å². The molecule has 0 aliphatic heterocycles. The molecule has 4 aliphatic carbocycles. The second-order valence-electron chi connectivity index (χ2n) is 10.3. The van der Waals surface area contributed by atoms with Crippen LogP contribution in [0.5, 0.6) is 0 Å². The van der Waals surface area contributed by atoms with Crippen LogP contribution in [0.1, 0.15) is 64.5 Å². The topological polar surface area (TPSA) is 37.8 Å². The molecule has 148 valence electrons. The van der Waals surface area contributed by atoms with Crippen LogP contribution in [0.15, 0.2) is 46.7 Å². The fourth-order valence-corrected chi connectivity index (χ4v) is 7.65. The van der Waals surface area contributed by atoms with Crippen molar-refractivity contribution in [2.45, 2.75) is 64.9 Å². The molecule has 0 amide bonds. The zero-order chi connectivity index (χ0) is 19.1. The Balaban J connectivity index is 1.36. The van der Waals surface area contributed by atoms with Gasteiger partial charge in [-0.1, -0.05) is 31.6 Å². The minimum atomic E-state index is -0.116. The molecule has 2 heterocycles. The Morgan fingerprint density at radius 3 is 2.75 bits per heavy atom. The highest BCUT2D eigenvalue weighted by molar-refractivity contribution is 5.73. The van der Waals surface area contributed by atoms with E-state index in [2.05, 4.69) is 38.1 Å². The molecule has 2 saturated carbocycles. The van der Waals surface area contributed by atoms with E-state index in [4.69, 9.17) is 4.52 Å². The molecule has 3 unspecified atom stereocenters. The number of hydrogen-bond donors (Lipinski definition) is 1. The number of rotatable bonds is 1. The molecule has 3 heteroatoms. The second kappa shape index (κ2) is 5.66. The first-order valence-corrected chi connectivity index (χ1v) is 11.1. The lowest BCUT2D eigenvalue weighted by Crippen LogP contribution is -2.49. The number of allylic oxidation sites excluding steroid dienone is 3. The first-order valence-electron chi connectivity index (χ1n) is 11.1. The maximum Gasteiger partial charge on any atom is 0.122 e. The van der Waals surface area contributed by atoms with Crippen molar-refractivity contribution in [3.8, 4) is 0 Å². The van der Waals surface area contributed by atoms with Gasteiger partial charge in [0.25, 0.3) is 0 Å². The molecule has 0 aromatic carbocycles. The Morgan fingerprint density at radius 1 is 1.00 bits per heavy atom. The van der Waals surface area contributed by atoms with Crippen molar-refractivity contribution in [3.63, 3.8) is 0 Å². The van der Waals surface area contributed by atoms with Crippen molar-refractivity contribution in [3.05, 3.63) is 47.9 Å². The molecule has 2 fully saturated rings.